The Hall–Kier alpha value is -2.30. The van der Waals surface area contributed by atoms with Gasteiger partial charge in [-0.3, -0.25) is 9.59 Å². The lowest BCUT2D eigenvalue weighted by atomic mass is 9.93. The zero-order chi connectivity index (χ0) is 18.3. The lowest BCUT2D eigenvalue weighted by Gasteiger charge is -2.39. The van der Waals surface area contributed by atoms with Crippen LogP contribution in [0.1, 0.15) is 20.7 Å². The summed E-state index contributed by atoms with van der Waals surface area (Å²) in [7, 11) is 0. The Morgan fingerprint density at radius 3 is 2.44 bits per heavy atom. The largest absolute Gasteiger partial charge is 0.504 e. The number of Topliss-reactive ketones (excluding diaryl/α,β-unsaturated/α-hetero) is 1. The fourth-order valence-corrected chi connectivity index (χ4v) is 2.70. The minimum absolute atomic E-state index is 0.00453. The van der Waals surface area contributed by atoms with Crippen molar-refractivity contribution in [3.63, 3.8) is 0 Å². The first kappa shape index (κ1) is 17.5. The highest BCUT2D eigenvalue weighted by atomic mass is 16.7. The number of carbonyl (C=O) groups is 2. The summed E-state index contributed by atoms with van der Waals surface area (Å²) in [5, 5.41) is 48.0. The number of carbonyl (C=O) groups excluding carboxylic acids is 2. The first-order valence-corrected chi connectivity index (χ1v) is 7.44. The van der Waals surface area contributed by atoms with Crippen molar-refractivity contribution in [2.75, 3.05) is 6.61 Å². The number of hydrogen-bond acceptors (Lipinski definition) is 9. The molecule has 1 fully saturated rings. The summed E-state index contributed by atoms with van der Waals surface area (Å²) in [4.78, 5) is 23.7. The Bertz CT molecular complexity index is 739. The first-order chi connectivity index (χ1) is 11.8. The van der Waals surface area contributed by atoms with Crippen molar-refractivity contribution in [1.82, 2.24) is 0 Å². The molecule has 5 N–H and O–H groups in total. The topological polar surface area (TPSA) is 154 Å². The third-order valence-corrected chi connectivity index (χ3v) is 4.10. The Labute approximate surface area is 141 Å². The number of allylic oxidation sites excluding steroid dienone is 2. The van der Waals surface area contributed by atoms with Crippen molar-refractivity contribution in [1.29, 1.82) is 0 Å². The summed E-state index contributed by atoms with van der Waals surface area (Å²) in [5.74, 6) is -1.89. The van der Waals surface area contributed by atoms with Crippen LogP contribution >= 0.6 is 0 Å². The van der Waals surface area contributed by atoms with E-state index in [0.717, 1.165) is 6.08 Å². The van der Waals surface area contributed by atoms with Crippen LogP contribution in [0.4, 0.5) is 0 Å². The van der Waals surface area contributed by atoms with E-state index in [9.17, 15) is 30.0 Å². The van der Waals surface area contributed by atoms with Crippen LogP contribution < -0.4 is 4.74 Å². The van der Waals surface area contributed by atoms with Gasteiger partial charge in [0, 0.05) is 17.2 Å². The third kappa shape index (κ3) is 3.03. The summed E-state index contributed by atoms with van der Waals surface area (Å²) in [6.07, 6.45) is -6.47. The van der Waals surface area contributed by atoms with E-state index in [0.29, 0.717) is 0 Å². The average molecular weight is 352 g/mol. The van der Waals surface area contributed by atoms with Crippen LogP contribution in [-0.2, 0) is 4.74 Å². The highest BCUT2D eigenvalue weighted by Crippen LogP contribution is 2.28. The van der Waals surface area contributed by atoms with E-state index in [1.807, 2.05) is 0 Å². The number of benzene rings is 1. The van der Waals surface area contributed by atoms with E-state index >= 15 is 0 Å². The van der Waals surface area contributed by atoms with Crippen LogP contribution in [0.25, 0.3) is 0 Å². The molecule has 3 rings (SSSR count). The second-order valence-electron chi connectivity index (χ2n) is 5.75. The zero-order valence-corrected chi connectivity index (χ0v) is 12.8. The Kier molecular flexibility index (Phi) is 4.58. The quantitative estimate of drug-likeness (QED) is 0.446. The molecule has 1 aliphatic carbocycles. The second-order valence-corrected chi connectivity index (χ2v) is 5.75. The average Bonchev–Trinajstić information content (AvgIpc) is 2.60. The Balaban J connectivity index is 1.84. The fraction of sp³-hybridized carbons (Fsp3) is 0.375. The summed E-state index contributed by atoms with van der Waals surface area (Å²) in [6.45, 7) is -0.605. The molecule has 0 amide bonds. The van der Waals surface area contributed by atoms with Gasteiger partial charge < -0.3 is 35.0 Å². The molecule has 1 heterocycles. The highest BCUT2D eigenvalue weighted by Gasteiger charge is 2.44. The lowest BCUT2D eigenvalue weighted by Crippen LogP contribution is -2.60. The molecule has 0 radical (unpaired) electrons. The van der Waals surface area contributed by atoms with Crippen LogP contribution in [0, 0.1) is 0 Å². The van der Waals surface area contributed by atoms with Crippen LogP contribution in [-0.4, -0.2) is 74.4 Å². The first-order valence-electron chi connectivity index (χ1n) is 7.44. The van der Waals surface area contributed by atoms with Crippen LogP contribution in [0.5, 0.6) is 5.75 Å². The maximum atomic E-state index is 11.9. The number of hydrogen-bond donors (Lipinski definition) is 5. The molecular formula is C16H16O9. The molecule has 9 heteroatoms. The maximum Gasteiger partial charge on any atom is 0.229 e. The van der Waals surface area contributed by atoms with E-state index in [1.165, 1.54) is 18.2 Å². The molecular weight excluding hydrogens is 336 g/mol. The Morgan fingerprint density at radius 2 is 1.76 bits per heavy atom. The predicted molar refractivity (Wildman–Crippen MR) is 80.2 cm³/mol. The molecule has 1 saturated heterocycles. The normalized spacial score (nSPS) is 32.2. The van der Waals surface area contributed by atoms with Crippen LogP contribution in [0.15, 0.2) is 30.0 Å². The van der Waals surface area contributed by atoms with Gasteiger partial charge in [0.25, 0.3) is 0 Å². The van der Waals surface area contributed by atoms with E-state index in [4.69, 9.17) is 14.6 Å². The van der Waals surface area contributed by atoms with Gasteiger partial charge in [0.2, 0.25) is 12.1 Å². The van der Waals surface area contributed by atoms with Gasteiger partial charge in [-0.2, -0.15) is 0 Å². The minimum atomic E-state index is -1.60. The monoisotopic (exact) mass is 352 g/mol. The second kappa shape index (κ2) is 6.54. The molecule has 0 aromatic heterocycles. The van der Waals surface area contributed by atoms with Crippen molar-refractivity contribution in [2.45, 2.75) is 30.7 Å². The molecule has 1 unspecified atom stereocenters. The van der Waals surface area contributed by atoms with E-state index in [2.05, 4.69) is 0 Å². The van der Waals surface area contributed by atoms with Crippen molar-refractivity contribution in [3.8, 4) is 5.75 Å². The standard InChI is InChI=1S/C16H16O9/c17-5-11-13(21)14(22)15(23)16(25-11)24-6-1-2-7-8(3-6)9(18)4-10(19)12(7)20/h1-4,11,13-17,19,21-23H,5H2/t11-,13-,14+,15-,16?/m1/s1. The summed E-state index contributed by atoms with van der Waals surface area (Å²) < 4.78 is 10.6. The minimum Gasteiger partial charge on any atom is -0.504 e. The molecule has 1 aromatic carbocycles. The van der Waals surface area contributed by atoms with Crippen LogP contribution in [0.2, 0.25) is 0 Å². The number of aliphatic hydroxyl groups is 5. The van der Waals surface area contributed by atoms with E-state index < -0.39 is 54.6 Å². The molecule has 5 atom stereocenters. The van der Waals surface area contributed by atoms with E-state index in [-0.39, 0.29) is 16.9 Å². The molecule has 0 spiro atoms. The highest BCUT2D eigenvalue weighted by molar-refractivity contribution is 6.23. The van der Waals surface area contributed by atoms with Gasteiger partial charge in [-0.05, 0) is 18.2 Å². The third-order valence-electron chi connectivity index (χ3n) is 4.10. The van der Waals surface area contributed by atoms with Gasteiger partial charge in [-0.1, -0.05) is 0 Å². The van der Waals surface area contributed by atoms with Crippen molar-refractivity contribution in [3.05, 3.63) is 41.2 Å². The molecule has 9 nitrogen and oxygen atoms in total. The molecule has 2 aliphatic rings. The lowest BCUT2D eigenvalue weighted by molar-refractivity contribution is -0.277. The van der Waals surface area contributed by atoms with Crippen molar-refractivity contribution in [2.24, 2.45) is 0 Å². The van der Waals surface area contributed by atoms with Gasteiger partial charge in [-0.25, -0.2) is 0 Å². The summed E-state index contributed by atoms with van der Waals surface area (Å²) >= 11 is 0. The maximum absolute atomic E-state index is 11.9. The molecule has 0 saturated carbocycles. The SMILES string of the molecule is O=C1C=C(O)C(=O)c2ccc(OC3O[C@H](CO)[C@@H](O)[C@H](O)[C@H]3O)cc21. The van der Waals surface area contributed by atoms with Crippen molar-refractivity contribution >= 4 is 11.6 Å². The van der Waals surface area contributed by atoms with Gasteiger partial charge in [0.05, 0.1) is 6.61 Å². The van der Waals surface area contributed by atoms with Gasteiger partial charge in [0.1, 0.15) is 30.2 Å². The van der Waals surface area contributed by atoms with E-state index in [1.54, 1.807) is 0 Å². The van der Waals surface area contributed by atoms with Crippen LogP contribution in [0.3, 0.4) is 0 Å². The number of fused-ring (bicyclic) bond motifs is 1. The number of rotatable bonds is 3. The molecule has 1 aromatic rings. The summed E-state index contributed by atoms with van der Waals surface area (Å²) in [6, 6.07) is 3.84. The fourth-order valence-electron chi connectivity index (χ4n) is 2.70. The zero-order valence-electron chi connectivity index (χ0n) is 12.8. The van der Waals surface area contributed by atoms with Gasteiger partial charge >= 0.3 is 0 Å². The number of aliphatic hydroxyl groups excluding tert-OH is 5. The molecule has 1 aliphatic heterocycles. The van der Waals surface area contributed by atoms with Crippen molar-refractivity contribution < 1.29 is 44.6 Å². The van der Waals surface area contributed by atoms with Gasteiger partial charge in [-0.15, -0.1) is 0 Å². The molecule has 25 heavy (non-hydrogen) atoms. The summed E-state index contributed by atoms with van der Waals surface area (Å²) in [5.41, 5.74) is 0.0102. The molecule has 0 bridgehead atoms. The predicted octanol–water partition coefficient (Wildman–Crippen LogP) is -1.31. The number of ketones is 2. The smallest absolute Gasteiger partial charge is 0.229 e. The van der Waals surface area contributed by atoms with Gasteiger partial charge in [0.15, 0.2) is 11.5 Å². The molecule has 134 valence electrons. The number of ether oxygens (including phenoxy) is 2. The Morgan fingerprint density at radius 1 is 1.04 bits per heavy atom.